The quantitative estimate of drug-likeness (QED) is 0.408. The fourth-order valence-corrected chi connectivity index (χ4v) is 3.07. The van der Waals surface area contributed by atoms with Gasteiger partial charge in [0.15, 0.2) is 0 Å². The number of fused-ring (bicyclic) bond motifs is 1. The molecular formula is C23H20N4O. The first-order valence-corrected chi connectivity index (χ1v) is 9.06. The van der Waals surface area contributed by atoms with Crippen molar-refractivity contribution in [1.82, 2.24) is 15.6 Å². The van der Waals surface area contributed by atoms with E-state index in [4.69, 9.17) is 0 Å². The standard InChI is InChI=1S/C23H20N4O/c1-15-10-11-18(12-16(15)2)21-13-22(26-25-21)23(28)27-24-14-19-8-5-7-17-6-3-4-9-20(17)19/h3-14H,1-2H3,(H,25,26)(H,27,28)/b24-14-. The molecule has 28 heavy (non-hydrogen) atoms. The molecule has 0 radical (unpaired) electrons. The van der Waals surface area contributed by atoms with Crippen LogP contribution in [0.2, 0.25) is 0 Å². The number of hydrogen-bond donors (Lipinski definition) is 2. The summed E-state index contributed by atoms with van der Waals surface area (Å²) in [5.74, 6) is -0.334. The van der Waals surface area contributed by atoms with Gasteiger partial charge in [0.25, 0.3) is 5.91 Å². The van der Waals surface area contributed by atoms with E-state index in [-0.39, 0.29) is 5.91 Å². The summed E-state index contributed by atoms with van der Waals surface area (Å²) < 4.78 is 0. The van der Waals surface area contributed by atoms with Crippen LogP contribution in [0.15, 0.2) is 71.8 Å². The number of rotatable bonds is 4. The average molecular weight is 368 g/mol. The van der Waals surface area contributed by atoms with Crippen LogP contribution in [0.4, 0.5) is 0 Å². The topological polar surface area (TPSA) is 70.1 Å². The second kappa shape index (κ2) is 7.48. The zero-order valence-corrected chi connectivity index (χ0v) is 15.7. The maximum atomic E-state index is 12.4. The highest BCUT2D eigenvalue weighted by Crippen LogP contribution is 2.21. The number of aromatic amines is 1. The summed E-state index contributed by atoms with van der Waals surface area (Å²) in [6, 6.07) is 21.9. The molecule has 138 valence electrons. The van der Waals surface area contributed by atoms with Crippen molar-refractivity contribution < 1.29 is 4.79 Å². The van der Waals surface area contributed by atoms with Crippen molar-refractivity contribution in [2.75, 3.05) is 0 Å². The molecule has 0 spiro atoms. The predicted molar refractivity (Wildman–Crippen MR) is 113 cm³/mol. The Morgan fingerprint density at radius 3 is 2.68 bits per heavy atom. The van der Waals surface area contributed by atoms with Crippen molar-refractivity contribution in [2.24, 2.45) is 5.10 Å². The molecule has 0 unspecified atom stereocenters. The van der Waals surface area contributed by atoms with Gasteiger partial charge in [0.1, 0.15) is 5.69 Å². The second-order valence-corrected chi connectivity index (χ2v) is 6.73. The molecule has 4 rings (SSSR count). The van der Waals surface area contributed by atoms with Gasteiger partial charge < -0.3 is 0 Å². The number of hydrogen-bond acceptors (Lipinski definition) is 3. The Kier molecular flexibility index (Phi) is 4.72. The Labute approximate surface area is 163 Å². The smallest absolute Gasteiger partial charge is 0.272 e. The van der Waals surface area contributed by atoms with E-state index < -0.39 is 0 Å². The summed E-state index contributed by atoms with van der Waals surface area (Å²) >= 11 is 0. The first kappa shape index (κ1) is 17.7. The maximum absolute atomic E-state index is 12.4. The van der Waals surface area contributed by atoms with Gasteiger partial charge in [-0.15, -0.1) is 0 Å². The highest BCUT2D eigenvalue weighted by Gasteiger charge is 2.11. The number of nitrogens with one attached hydrogen (secondary N) is 2. The highest BCUT2D eigenvalue weighted by molar-refractivity contribution is 6.00. The zero-order chi connectivity index (χ0) is 19.5. The summed E-state index contributed by atoms with van der Waals surface area (Å²) in [6.45, 7) is 4.12. The number of hydrazone groups is 1. The minimum absolute atomic E-state index is 0.334. The van der Waals surface area contributed by atoms with E-state index in [0.29, 0.717) is 5.69 Å². The molecule has 0 atom stereocenters. The largest absolute Gasteiger partial charge is 0.289 e. The van der Waals surface area contributed by atoms with E-state index in [1.807, 2.05) is 54.6 Å². The van der Waals surface area contributed by atoms with Crippen LogP contribution in [0, 0.1) is 13.8 Å². The lowest BCUT2D eigenvalue weighted by atomic mass is 10.0. The van der Waals surface area contributed by atoms with Crippen LogP contribution in [0.1, 0.15) is 27.2 Å². The molecule has 5 heteroatoms. The average Bonchev–Trinajstić information content (AvgIpc) is 3.20. The van der Waals surface area contributed by atoms with E-state index in [2.05, 4.69) is 40.6 Å². The third-order valence-corrected chi connectivity index (χ3v) is 4.82. The van der Waals surface area contributed by atoms with Gasteiger partial charge in [0.2, 0.25) is 0 Å². The number of benzene rings is 3. The van der Waals surface area contributed by atoms with Crippen molar-refractivity contribution >= 4 is 22.9 Å². The number of carbonyl (C=O) groups excluding carboxylic acids is 1. The number of aromatic nitrogens is 2. The molecule has 0 bridgehead atoms. The summed E-state index contributed by atoms with van der Waals surface area (Å²) in [5, 5.41) is 13.3. The van der Waals surface area contributed by atoms with Crippen molar-refractivity contribution in [3.63, 3.8) is 0 Å². The number of carbonyl (C=O) groups is 1. The Morgan fingerprint density at radius 1 is 1.00 bits per heavy atom. The third-order valence-electron chi connectivity index (χ3n) is 4.82. The minimum atomic E-state index is -0.334. The summed E-state index contributed by atoms with van der Waals surface area (Å²) in [5.41, 5.74) is 7.97. The van der Waals surface area contributed by atoms with Crippen LogP contribution >= 0.6 is 0 Å². The molecule has 1 amide bonds. The molecule has 5 nitrogen and oxygen atoms in total. The molecule has 4 aromatic rings. The van der Waals surface area contributed by atoms with Gasteiger partial charge in [-0.25, -0.2) is 5.43 Å². The van der Waals surface area contributed by atoms with Gasteiger partial charge in [0, 0.05) is 11.1 Å². The lowest BCUT2D eigenvalue weighted by Crippen LogP contribution is -2.18. The van der Waals surface area contributed by atoms with Gasteiger partial charge in [-0.1, -0.05) is 54.6 Å². The fraction of sp³-hybridized carbons (Fsp3) is 0.0870. The molecule has 3 aromatic carbocycles. The molecule has 1 heterocycles. The number of aryl methyl sites for hydroxylation is 2. The summed E-state index contributed by atoms with van der Waals surface area (Å²) in [6.07, 6.45) is 1.65. The lowest BCUT2D eigenvalue weighted by Gasteiger charge is -2.02. The molecule has 1 aromatic heterocycles. The van der Waals surface area contributed by atoms with E-state index in [1.165, 1.54) is 11.1 Å². The second-order valence-electron chi connectivity index (χ2n) is 6.73. The monoisotopic (exact) mass is 368 g/mol. The number of amides is 1. The SMILES string of the molecule is Cc1ccc(-c2cc(C(=O)N/N=C\c3cccc4ccccc34)[nH]n2)cc1C. The van der Waals surface area contributed by atoms with Gasteiger partial charge in [0.05, 0.1) is 11.9 Å². The first-order chi connectivity index (χ1) is 13.6. The Morgan fingerprint density at radius 2 is 1.82 bits per heavy atom. The Balaban J connectivity index is 1.49. The number of H-pyrrole nitrogens is 1. The first-order valence-electron chi connectivity index (χ1n) is 9.06. The highest BCUT2D eigenvalue weighted by atomic mass is 16.2. The molecule has 0 saturated heterocycles. The zero-order valence-electron chi connectivity index (χ0n) is 15.7. The summed E-state index contributed by atoms with van der Waals surface area (Å²) in [7, 11) is 0. The predicted octanol–water partition coefficient (Wildman–Crippen LogP) is 4.61. The van der Waals surface area contributed by atoms with Gasteiger partial charge in [-0.05, 0) is 47.9 Å². The van der Waals surface area contributed by atoms with Crippen molar-refractivity contribution in [3.8, 4) is 11.3 Å². The molecular weight excluding hydrogens is 348 g/mol. The van der Waals surface area contributed by atoms with Gasteiger partial charge in [-0.3, -0.25) is 9.89 Å². The van der Waals surface area contributed by atoms with Crippen molar-refractivity contribution in [1.29, 1.82) is 0 Å². The van der Waals surface area contributed by atoms with E-state index in [9.17, 15) is 4.79 Å². The van der Waals surface area contributed by atoms with Crippen molar-refractivity contribution in [2.45, 2.75) is 13.8 Å². The molecule has 0 aliphatic heterocycles. The Hall–Kier alpha value is -3.73. The van der Waals surface area contributed by atoms with E-state index in [0.717, 1.165) is 27.6 Å². The van der Waals surface area contributed by atoms with Gasteiger partial charge >= 0.3 is 0 Å². The fourth-order valence-electron chi connectivity index (χ4n) is 3.07. The van der Waals surface area contributed by atoms with Crippen LogP contribution in [0.3, 0.4) is 0 Å². The normalized spacial score (nSPS) is 11.2. The number of nitrogens with zero attached hydrogens (tertiary/aromatic N) is 2. The van der Waals surface area contributed by atoms with Crippen LogP contribution < -0.4 is 5.43 Å². The van der Waals surface area contributed by atoms with E-state index in [1.54, 1.807) is 12.3 Å². The van der Waals surface area contributed by atoms with Crippen LogP contribution in [-0.4, -0.2) is 22.3 Å². The molecule has 0 saturated carbocycles. The van der Waals surface area contributed by atoms with Crippen LogP contribution in [-0.2, 0) is 0 Å². The lowest BCUT2D eigenvalue weighted by molar-refractivity contribution is 0.0950. The van der Waals surface area contributed by atoms with Gasteiger partial charge in [-0.2, -0.15) is 10.2 Å². The molecule has 0 aliphatic carbocycles. The van der Waals surface area contributed by atoms with Crippen LogP contribution in [0.5, 0.6) is 0 Å². The third kappa shape index (κ3) is 3.55. The minimum Gasteiger partial charge on any atom is -0.272 e. The maximum Gasteiger partial charge on any atom is 0.289 e. The van der Waals surface area contributed by atoms with Crippen LogP contribution in [0.25, 0.3) is 22.0 Å². The Bertz CT molecular complexity index is 1180. The molecule has 0 fully saturated rings. The molecule has 0 aliphatic rings. The van der Waals surface area contributed by atoms with Crippen molar-refractivity contribution in [3.05, 3.63) is 89.1 Å². The van der Waals surface area contributed by atoms with E-state index >= 15 is 0 Å². The molecule has 2 N–H and O–H groups in total. The summed E-state index contributed by atoms with van der Waals surface area (Å²) in [4.78, 5) is 12.4.